The molecule has 0 fully saturated rings. The average molecular weight is 255 g/mol. The molecule has 1 aromatic carbocycles. The minimum atomic E-state index is -0.385. The van der Waals surface area contributed by atoms with Crippen LogP contribution in [0.5, 0.6) is 0 Å². The Morgan fingerprint density at radius 3 is 2.62 bits per heavy atom. The molecule has 0 aliphatic rings. The van der Waals surface area contributed by atoms with Crippen LogP contribution in [0, 0.1) is 0 Å². The van der Waals surface area contributed by atoms with Gasteiger partial charge in [-0.3, -0.25) is 4.79 Å². The Kier molecular flexibility index (Phi) is 3.27. The largest absolute Gasteiger partial charge is 0.282 e. The smallest absolute Gasteiger partial charge is 0.266 e. The van der Waals surface area contributed by atoms with Crippen LogP contribution in [0.25, 0.3) is 0 Å². The number of halogens is 2. The van der Waals surface area contributed by atoms with Crippen LogP contribution < -0.4 is 5.56 Å². The van der Waals surface area contributed by atoms with E-state index in [2.05, 4.69) is 10.2 Å². The predicted molar refractivity (Wildman–Crippen MR) is 64.1 cm³/mol. The van der Waals surface area contributed by atoms with Gasteiger partial charge in [-0.15, -0.1) is 0 Å². The van der Waals surface area contributed by atoms with E-state index in [-0.39, 0.29) is 10.6 Å². The molecule has 0 spiro atoms. The molecule has 16 heavy (non-hydrogen) atoms. The maximum Gasteiger partial charge on any atom is 0.282 e. The van der Waals surface area contributed by atoms with Gasteiger partial charge in [-0.1, -0.05) is 41.4 Å². The Morgan fingerprint density at radius 1 is 1.19 bits per heavy atom. The van der Waals surface area contributed by atoms with Crippen LogP contribution in [0.2, 0.25) is 10.0 Å². The molecule has 0 amide bonds. The molecule has 0 aliphatic heterocycles. The van der Waals surface area contributed by atoms with Gasteiger partial charge in [0.05, 0.1) is 5.69 Å². The standard InChI is InChI=1S/C11H8Cl2N2O/c12-9-4-2-1-3-7(9)5-8-6-10(13)11(16)15-14-8/h1-4,6H,5H2,(H,15,16). The van der Waals surface area contributed by atoms with Gasteiger partial charge in [0.25, 0.3) is 5.56 Å². The van der Waals surface area contributed by atoms with Gasteiger partial charge >= 0.3 is 0 Å². The summed E-state index contributed by atoms with van der Waals surface area (Å²) in [6.45, 7) is 0. The number of rotatable bonds is 2. The Balaban J connectivity index is 2.31. The lowest BCUT2D eigenvalue weighted by molar-refractivity contribution is 0.911. The van der Waals surface area contributed by atoms with Crippen molar-refractivity contribution in [3.05, 3.63) is 62.0 Å². The fourth-order valence-corrected chi connectivity index (χ4v) is 1.72. The third kappa shape index (κ3) is 2.43. The molecule has 1 N–H and O–H groups in total. The van der Waals surface area contributed by atoms with E-state index < -0.39 is 0 Å². The molecule has 0 radical (unpaired) electrons. The molecule has 0 saturated heterocycles. The van der Waals surface area contributed by atoms with Crippen molar-refractivity contribution >= 4 is 23.2 Å². The van der Waals surface area contributed by atoms with Crippen molar-refractivity contribution < 1.29 is 0 Å². The Labute approximate surface area is 102 Å². The summed E-state index contributed by atoms with van der Waals surface area (Å²) in [5.41, 5.74) is 1.24. The Hall–Kier alpha value is -1.32. The van der Waals surface area contributed by atoms with Gasteiger partial charge in [0, 0.05) is 11.4 Å². The zero-order valence-electron chi connectivity index (χ0n) is 8.21. The zero-order valence-corrected chi connectivity index (χ0v) is 9.72. The van der Waals surface area contributed by atoms with Crippen LogP contribution in [0.4, 0.5) is 0 Å². The highest BCUT2D eigenvalue weighted by Gasteiger charge is 2.04. The van der Waals surface area contributed by atoms with Gasteiger partial charge < -0.3 is 0 Å². The normalized spacial score (nSPS) is 10.4. The second-order valence-electron chi connectivity index (χ2n) is 3.30. The molecule has 1 heterocycles. The number of hydrogen-bond donors (Lipinski definition) is 1. The highest BCUT2D eigenvalue weighted by molar-refractivity contribution is 6.31. The maximum absolute atomic E-state index is 11.0. The number of nitrogens with zero attached hydrogens (tertiary/aromatic N) is 1. The van der Waals surface area contributed by atoms with Gasteiger partial charge in [-0.25, -0.2) is 5.10 Å². The van der Waals surface area contributed by atoms with Gasteiger partial charge in [0.2, 0.25) is 0 Å². The first kappa shape index (κ1) is 11.2. The summed E-state index contributed by atoms with van der Waals surface area (Å²) in [4.78, 5) is 11.0. The first-order valence-corrected chi connectivity index (χ1v) is 5.40. The maximum atomic E-state index is 11.0. The molecular formula is C11H8Cl2N2O. The van der Waals surface area contributed by atoms with E-state index in [1.54, 1.807) is 6.07 Å². The van der Waals surface area contributed by atoms with E-state index in [4.69, 9.17) is 23.2 Å². The zero-order chi connectivity index (χ0) is 11.5. The third-order valence-corrected chi connectivity index (χ3v) is 2.79. The molecule has 0 atom stereocenters. The Bertz CT molecular complexity index is 566. The van der Waals surface area contributed by atoms with Gasteiger partial charge in [-0.2, -0.15) is 5.10 Å². The minimum absolute atomic E-state index is 0.136. The first-order chi connectivity index (χ1) is 7.66. The van der Waals surface area contributed by atoms with Gasteiger partial charge in [0.1, 0.15) is 5.02 Å². The summed E-state index contributed by atoms with van der Waals surface area (Å²) in [6, 6.07) is 9.02. The number of benzene rings is 1. The fraction of sp³-hybridized carbons (Fsp3) is 0.0909. The number of aromatic nitrogens is 2. The number of aromatic amines is 1. The van der Waals surface area contributed by atoms with Crippen LogP contribution >= 0.6 is 23.2 Å². The summed E-state index contributed by atoms with van der Waals surface area (Å²) in [6.07, 6.45) is 0.538. The van der Waals surface area contributed by atoms with Crippen LogP contribution in [-0.2, 0) is 6.42 Å². The Morgan fingerprint density at radius 2 is 1.94 bits per heavy atom. The van der Waals surface area contributed by atoms with Gasteiger partial charge in [0.15, 0.2) is 0 Å². The number of H-pyrrole nitrogens is 1. The second kappa shape index (κ2) is 4.68. The van der Waals surface area contributed by atoms with Crippen molar-refractivity contribution in [2.45, 2.75) is 6.42 Å². The SMILES string of the molecule is O=c1[nH]nc(Cc2ccccc2Cl)cc1Cl. The van der Waals surface area contributed by atoms with Crippen molar-refractivity contribution in [3.63, 3.8) is 0 Å². The van der Waals surface area contributed by atoms with Crippen molar-refractivity contribution in [1.29, 1.82) is 0 Å². The molecule has 82 valence electrons. The molecule has 5 heteroatoms. The third-order valence-electron chi connectivity index (χ3n) is 2.14. The van der Waals surface area contributed by atoms with Crippen molar-refractivity contribution in [2.24, 2.45) is 0 Å². The lowest BCUT2D eigenvalue weighted by Gasteiger charge is -2.03. The van der Waals surface area contributed by atoms with Crippen LogP contribution in [-0.4, -0.2) is 10.2 Å². The summed E-state index contributed by atoms with van der Waals surface area (Å²) < 4.78 is 0. The number of nitrogens with one attached hydrogen (secondary N) is 1. The lowest BCUT2D eigenvalue weighted by atomic mass is 10.1. The van der Waals surface area contributed by atoms with E-state index in [9.17, 15) is 4.79 Å². The highest BCUT2D eigenvalue weighted by atomic mass is 35.5. The fourth-order valence-electron chi connectivity index (χ4n) is 1.35. The van der Waals surface area contributed by atoms with E-state index in [0.717, 1.165) is 5.56 Å². The summed E-state index contributed by atoms with van der Waals surface area (Å²) in [5, 5.41) is 7.03. The highest BCUT2D eigenvalue weighted by Crippen LogP contribution is 2.18. The molecule has 1 aromatic heterocycles. The molecule has 2 rings (SSSR count). The molecule has 0 saturated carbocycles. The van der Waals surface area contributed by atoms with Crippen LogP contribution in [0.15, 0.2) is 35.1 Å². The molecule has 2 aromatic rings. The molecule has 0 unspecified atom stereocenters. The quantitative estimate of drug-likeness (QED) is 0.896. The topological polar surface area (TPSA) is 45.8 Å². The molecular weight excluding hydrogens is 247 g/mol. The summed E-state index contributed by atoms with van der Waals surface area (Å²) in [7, 11) is 0. The van der Waals surface area contributed by atoms with Crippen LogP contribution in [0.1, 0.15) is 11.3 Å². The monoisotopic (exact) mass is 254 g/mol. The van der Waals surface area contributed by atoms with Crippen molar-refractivity contribution in [1.82, 2.24) is 10.2 Å². The lowest BCUT2D eigenvalue weighted by Crippen LogP contribution is -2.10. The minimum Gasteiger partial charge on any atom is -0.266 e. The first-order valence-electron chi connectivity index (χ1n) is 4.64. The summed E-state index contributed by atoms with van der Waals surface area (Å²) >= 11 is 11.7. The number of hydrogen-bond acceptors (Lipinski definition) is 2. The van der Waals surface area contributed by atoms with E-state index in [1.165, 1.54) is 0 Å². The predicted octanol–water partition coefficient (Wildman–Crippen LogP) is 2.67. The van der Waals surface area contributed by atoms with Crippen molar-refractivity contribution in [3.8, 4) is 0 Å². The van der Waals surface area contributed by atoms with E-state index in [0.29, 0.717) is 17.1 Å². The van der Waals surface area contributed by atoms with Crippen LogP contribution in [0.3, 0.4) is 0 Å². The summed E-state index contributed by atoms with van der Waals surface area (Å²) in [5.74, 6) is 0. The average Bonchev–Trinajstić information content (AvgIpc) is 2.27. The van der Waals surface area contributed by atoms with Crippen molar-refractivity contribution in [2.75, 3.05) is 0 Å². The van der Waals surface area contributed by atoms with Gasteiger partial charge in [-0.05, 0) is 17.7 Å². The second-order valence-corrected chi connectivity index (χ2v) is 4.12. The molecule has 3 nitrogen and oxygen atoms in total. The van der Waals surface area contributed by atoms with E-state index >= 15 is 0 Å². The molecule has 0 bridgehead atoms. The molecule has 0 aliphatic carbocycles. The van der Waals surface area contributed by atoms with E-state index in [1.807, 2.05) is 24.3 Å².